The first-order valence-electron chi connectivity index (χ1n) is 8.28. The van der Waals surface area contributed by atoms with Crippen molar-refractivity contribution in [2.24, 2.45) is 0 Å². The molecular formula is C18H21FN4O2. The third-order valence-corrected chi connectivity index (χ3v) is 3.94. The van der Waals surface area contributed by atoms with Crippen LogP contribution in [0.25, 0.3) is 0 Å². The van der Waals surface area contributed by atoms with E-state index in [0.29, 0.717) is 12.2 Å². The van der Waals surface area contributed by atoms with E-state index < -0.39 is 0 Å². The second kappa shape index (κ2) is 8.55. The molecule has 1 aromatic carbocycles. The Morgan fingerprint density at radius 1 is 1.16 bits per heavy atom. The van der Waals surface area contributed by atoms with Gasteiger partial charge in [-0.25, -0.2) is 4.39 Å². The monoisotopic (exact) mass is 344 g/mol. The third-order valence-electron chi connectivity index (χ3n) is 3.94. The Labute approximate surface area is 146 Å². The lowest BCUT2D eigenvalue weighted by atomic mass is 10.2. The number of pyridine rings is 1. The molecule has 0 saturated carbocycles. The van der Waals surface area contributed by atoms with E-state index >= 15 is 0 Å². The van der Waals surface area contributed by atoms with Gasteiger partial charge in [0.2, 0.25) is 0 Å². The van der Waals surface area contributed by atoms with Gasteiger partial charge in [-0.2, -0.15) is 0 Å². The lowest BCUT2D eigenvalue weighted by Crippen LogP contribution is -2.41. The first-order chi connectivity index (χ1) is 12.2. The number of amides is 1. The summed E-state index contributed by atoms with van der Waals surface area (Å²) in [6.07, 6.45) is 1.57. The minimum absolute atomic E-state index is 0.212. The lowest BCUT2D eigenvalue weighted by Gasteiger charge is -2.26. The van der Waals surface area contributed by atoms with E-state index in [9.17, 15) is 9.18 Å². The number of rotatable bonds is 6. The molecule has 7 heteroatoms. The van der Waals surface area contributed by atoms with Crippen molar-refractivity contribution in [2.45, 2.75) is 0 Å². The number of hydrogen-bond acceptors (Lipinski definition) is 5. The maximum atomic E-state index is 12.9. The van der Waals surface area contributed by atoms with Crippen molar-refractivity contribution in [1.29, 1.82) is 0 Å². The van der Waals surface area contributed by atoms with Gasteiger partial charge in [-0.1, -0.05) is 0 Å². The smallest absolute Gasteiger partial charge is 0.269 e. The zero-order valence-electron chi connectivity index (χ0n) is 13.9. The topological polar surface area (TPSA) is 66.5 Å². The first kappa shape index (κ1) is 17.3. The SMILES string of the molecule is O=C(NCCN1CCOCC1)c1cc(Nc2ccc(F)cc2)ccn1. The van der Waals surface area contributed by atoms with Gasteiger partial charge in [-0.15, -0.1) is 0 Å². The number of ether oxygens (including phenoxy) is 1. The maximum absolute atomic E-state index is 12.9. The third kappa shape index (κ3) is 5.23. The molecule has 0 spiro atoms. The van der Waals surface area contributed by atoms with Gasteiger partial charge in [0, 0.05) is 43.8 Å². The number of carbonyl (C=O) groups excluding carboxylic acids is 1. The summed E-state index contributed by atoms with van der Waals surface area (Å²) >= 11 is 0. The first-order valence-corrected chi connectivity index (χ1v) is 8.28. The van der Waals surface area contributed by atoms with E-state index in [-0.39, 0.29) is 11.7 Å². The van der Waals surface area contributed by atoms with Crippen LogP contribution in [0.3, 0.4) is 0 Å². The summed E-state index contributed by atoms with van der Waals surface area (Å²) < 4.78 is 18.2. The molecule has 1 aliphatic rings. The Hall–Kier alpha value is -2.51. The van der Waals surface area contributed by atoms with Gasteiger partial charge in [-0.3, -0.25) is 14.7 Å². The van der Waals surface area contributed by atoms with E-state index in [1.807, 2.05) is 0 Å². The van der Waals surface area contributed by atoms with Crippen molar-refractivity contribution in [3.63, 3.8) is 0 Å². The maximum Gasteiger partial charge on any atom is 0.269 e. The van der Waals surface area contributed by atoms with E-state index in [0.717, 1.165) is 44.2 Å². The van der Waals surface area contributed by atoms with Crippen molar-refractivity contribution < 1.29 is 13.9 Å². The molecule has 0 radical (unpaired) electrons. The molecule has 1 amide bonds. The van der Waals surface area contributed by atoms with E-state index in [2.05, 4.69) is 20.5 Å². The fraction of sp³-hybridized carbons (Fsp3) is 0.333. The Bertz CT molecular complexity index is 702. The standard InChI is InChI=1S/C18H21FN4O2/c19-14-1-3-15(4-2-14)22-16-5-6-20-17(13-16)18(24)21-7-8-23-9-11-25-12-10-23/h1-6,13H,7-12H2,(H,20,22)(H,21,24). The number of halogens is 1. The average molecular weight is 344 g/mol. The minimum atomic E-state index is -0.291. The van der Waals surface area contributed by atoms with Crippen molar-refractivity contribution in [3.05, 3.63) is 54.1 Å². The van der Waals surface area contributed by atoms with E-state index in [4.69, 9.17) is 4.74 Å². The predicted molar refractivity (Wildman–Crippen MR) is 93.5 cm³/mol. The Morgan fingerprint density at radius 3 is 2.68 bits per heavy atom. The number of carbonyl (C=O) groups is 1. The van der Waals surface area contributed by atoms with Crippen LogP contribution in [0.1, 0.15) is 10.5 Å². The van der Waals surface area contributed by atoms with E-state index in [1.54, 1.807) is 30.5 Å². The Morgan fingerprint density at radius 2 is 1.92 bits per heavy atom. The highest BCUT2D eigenvalue weighted by Gasteiger charge is 2.12. The molecule has 2 aromatic rings. The summed E-state index contributed by atoms with van der Waals surface area (Å²) in [4.78, 5) is 18.6. The van der Waals surface area contributed by atoms with Gasteiger partial charge < -0.3 is 15.4 Å². The molecule has 132 valence electrons. The van der Waals surface area contributed by atoms with Crippen LogP contribution in [0.15, 0.2) is 42.6 Å². The summed E-state index contributed by atoms with van der Waals surface area (Å²) in [7, 11) is 0. The molecule has 6 nitrogen and oxygen atoms in total. The molecule has 1 aliphatic heterocycles. The van der Waals surface area contributed by atoms with Crippen LogP contribution < -0.4 is 10.6 Å². The summed E-state index contributed by atoms with van der Waals surface area (Å²) in [5.41, 5.74) is 1.81. The molecule has 2 heterocycles. The number of hydrogen-bond donors (Lipinski definition) is 2. The molecule has 2 N–H and O–H groups in total. The van der Waals surface area contributed by atoms with Crippen molar-refractivity contribution in [3.8, 4) is 0 Å². The molecule has 0 atom stereocenters. The van der Waals surface area contributed by atoms with Gasteiger partial charge in [0.25, 0.3) is 5.91 Å². The molecule has 0 bridgehead atoms. The highest BCUT2D eigenvalue weighted by atomic mass is 19.1. The second-order valence-electron chi connectivity index (χ2n) is 5.77. The van der Waals surface area contributed by atoms with Crippen LogP contribution in [0.4, 0.5) is 15.8 Å². The van der Waals surface area contributed by atoms with Gasteiger partial charge in [-0.05, 0) is 36.4 Å². The fourth-order valence-electron chi connectivity index (χ4n) is 2.58. The molecular weight excluding hydrogens is 323 g/mol. The number of nitrogens with zero attached hydrogens (tertiary/aromatic N) is 2. The van der Waals surface area contributed by atoms with Gasteiger partial charge >= 0.3 is 0 Å². The van der Waals surface area contributed by atoms with Crippen LogP contribution in [-0.4, -0.2) is 55.2 Å². The summed E-state index contributed by atoms with van der Waals surface area (Å²) in [5, 5.41) is 6.01. The second-order valence-corrected chi connectivity index (χ2v) is 5.77. The average Bonchev–Trinajstić information content (AvgIpc) is 2.65. The quantitative estimate of drug-likeness (QED) is 0.839. The molecule has 3 rings (SSSR count). The number of morpholine rings is 1. The number of nitrogens with one attached hydrogen (secondary N) is 2. The van der Waals surface area contributed by atoms with Gasteiger partial charge in [0.15, 0.2) is 0 Å². The number of benzene rings is 1. The van der Waals surface area contributed by atoms with Crippen molar-refractivity contribution in [1.82, 2.24) is 15.2 Å². The highest BCUT2D eigenvalue weighted by molar-refractivity contribution is 5.93. The summed E-state index contributed by atoms with van der Waals surface area (Å²) in [6, 6.07) is 9.46. The van der Waals surface area contributed by atoms with Gasteiger partial charge in [0.05, 0.1) is 13.2 Å². The molecule has 1 saturated heterocycles. The zero-order chi connectivity index (χ0) is 17.5. The number of anilines is 2. The van der Waals surface area contributed by atoms with E-state index in [1.165, 1.54) is 12.1 Å². The minimum Gasteiger partial charge on any atom is -0.379 e. The predicted octanol–water partition coefficient (Wildman–Crippen LogP) is 2.03. The zero-order valence-corrected chi connectivity index (χ0v) is 13.9. The van der Waals surface area contributed by atoms with Crippen LogP contribution >= 0.6 is 0 Å². The van der Waals surface area contributed by atoms with Crippen LogP contribution in [0, 0.1) is 5.82 Å². The van der Waals surface area contributed by atoms with Crippen LogP contribution in [0.5, 0.6) is 0 Å². The Balaban J connectivity index is 1.52. The largest absolute Gasteiger partial charge is 0.379 e. The Kier molecular flexibility index (Phi) is 5.92. The number of aromatic nitrogens is 1. The normalized spacial score (nSPS) is 14.9. The van der Waals surface area contributed by atoms with Crippen molar-refractivity contribution in [2.75, 3.05) is 44.7 Å². The summed E-state index contributed by atoms with van der Waals surface area (Å²) in [6.45, 7) is 4.63. The van der Waals surface area contributed by atoms with Crippen LogP contribution in [0.2, 0.25) is 0 Å². The molecule has 1 fully saturated rings. The fourth-order valence-corrected chi connectivity index (χ4v) is 2.58. The molecule has 25 heavy (non-hydrogen) atoms. The molecule has 1 aromatic heterocycles. The summed E-state index contributed by atoms with van der Waals surface area (Å²) in [5.74, 6) is -0.503. The highest BCUT2D eigenvalue weighted by Crippen LogP contribution is 2.17. The lowest BCUT2D eigenvalue weighted by molar-refractivity contribution is 0.0383. The van der Waals surface area contributed by atoms with Gasteiger partial charge in [0.1, 0.15) is 11.5 Å². The molecule has 0 unspecified atom stereocenters. The van der Waals surface area contributed by atoms with Crippen molar-refractivity contribution >= 4 is 17.3 Å². The molecule has 0 aliphatic carbocycles. The van der Waals surface area contributed by atoms with Crippen LogP contribution in [-0.2, 0) is 4.74 Å².